The molecule has 106 valence electrons. The molecule has 0 heterocycles. The third-order valence-electron chi connectivity index (χ3n) is 3.20. The molecule has 1 aliphatic carbocycles. The number of ether oxygens (including phenoxy) is 1. The van der Waals surface area contributed by atoms with E-state index in [1.165, 1.54) is 0 Å². The molecule has 0 radical (unpaired) electrons. The number of ketones is 1. The van der Waals surface area contributed by atoms with Crippen molar-refractivity contribution < 1.29 is 19.1 Å². The van der Waals surface area contributed by atoms with Gasteiger partial charge in [-0.3, -0.25) is 14.4 Å². The highest BCUT2D eigenvalue weighted by atomic mass is 16.5. The molecule has 1 aromatic carbocycles. The second kappa shape index (κ2) is 6.84. The summed E-state index contributed by atoms with van der Waals surface area (Å²) in [4.78, 5) is 34.8. The van der Waals surface area contributed by atoms with Gasteiger partial charge in [0.15, 0.2) is 11.9 Å². The Morgan fingerprint density at radius 3 is 2.65 bits per heavy atom. The van der Waals surface area contributed by atoms with Crippen LogP contribution in [-0.2, 0) is 14.3 Å². The van der Waals surface area contributed by atoms with Crippen LogP contribution in [0.1, 0.15) is 36.0 Å². The number of amides is 1. The molecule has 0 bridgehead atoms. The Labute approximate surface area is 117 Å². The average molecular weight is 275 g/mol. The van der Waals surface area contributed by atoms with Crippen LogP contribution < -0.4 is 5.32 Å². The van der Waals surface area contributed by atoms with Crippen LogP contribution >= 0.6 is 0 Å². The summed E-state index contributed by atoms with van der Waals surface area (Å²) in [5.41, 5.74) is 0.481. The van der Waals surface area contributed by atoms with Crippen molar-refractivity contribution in [3.8, 4) is 0 Å². The van der Waals surface area contributed by atoms with Crippen molar-refractivity contribution in [3.63, 3.8) is 0 Å². The van der Waals surface area contributed by atoms with Crippen molar-refractivity contribution in [3.05, 3.63) is 35.9 Å². The minimum Gasteiger partial charge on any atom is -0.453 e. The van der Waals surface area contributed by atoms with Crippen LogP contribution in [0.4, 0.5) is 0 Å². The standard InChI is InChI=1S/C15H17NO4/c17-12-8-4-5-9-13(12)20-14(18)10-16-15(19)11-6-2-1-3-7-11/h1-3,6-7,13H,4-5,8-10H2,(H,16,19)/t13-/m1/s1. The van der Waals surface area contributed by atoms with Crippen LogP contribution in [0.5, 0.6) is 0 Å². The van der Waals surface area contributed by atoms with E-state index in [1.54, 1.807) is 30.3 Å². The summed E-state index contributed by atoms with van der Waals surface area (Å²) in [7, 11) is 0. The first kappa shape index (κ1) is 14.2. The Kier molecular flexibility index (Phi) is 4.87. The highest BCUT2D eigenvalue weighted by Gasteiger charge is 2.25. The lowest BCUT2D eigenvalue weighted by atomic mass is 9.96. The van der Waals surface area contributed by atoms with E-state index in [1.807, 2.05) is 0 Å². The molecule has 1 aliphatic rings. The van der Waals surface area contributed by atoms with Crippen LogP contribution in [0.25, 0.3) is 0 Å². The summed E-state index contributed by atoms with van der Waals surface area (Å²) in [5, 5.41) is 2.48. The summed E-state index contributed by atoms with van der Waals surface area (Å²) < 4.78 is 5.09. The van der Waals surface area contributed by atoms with Gasteiger partial charge in [-0.1, -0.05) is 18.2 Å². The van der Waals surface area contributed by atoms with Crippen LogP contribution in [0.2, 0.25) is 0 Å². The van der Waals surface area contributed by atoms with E-state index in [2.05, 4.69) is 5.32 Å². The molecule has 0 aromatic heterocycles. The Morgan fingerprint density at radius 1 is 1.20 bits per heavy atom. The Balaban J connectivity index is 1.77. The van der Waals surface area contributed by atoms with Gasteiger partial charge in [0.25, 0.3) is 5.91 Å². The number of nitrogens with one attached hydrogen (secondary N) is 1. The van der Waals surface area contributed by atoms with E-state index in [9.17, 15) is 14.4 Å². The number of hydrogen-bond donors (Lipinski definition) is 1. The third-order valence-corrected chi connectivity index (χ3v) is 3.20. The van der Waals surface area contributed by atoms with Gasteiger partial charge in [0.1, 0.15) is 6.54 Å². The number of rotatable bonds is 4. The molecule has 1 fully saturated rings. The lowest BCUT2D eigenvalue weighted by molar-refractivity contribution is -0.155. The van der Waals surface area contributed by atoms with Gasteiger partial charge >= 0.3 is 5.97 Å². The minimum atomic E-state index is -0.634. The summed E-state index contributed by atoms with van der Waals surface area (Å²) in [5.74, 6) is -0.939. The van der Waals surface area contributed by atoms with Crippen molar-refractivity contribution in [1.29, 1.82) is 0 Å². The second-order valence-corrected chi connectivity index (χ2v) is 4.74. The molecular formula is C15H17NO4. The van der Waals surface area contributed by atoms with Gasteiger partial charge in [0.05, 0.1) is 0 Å². The molecule has 1 amide bonds. The predicted octanol–water partition coefficient (Wildman–Crippen LogP) is 1.47. The SMILES string of the molecule is O=C(CNC(=O)c1ccccc1)O[C@@H]1CCCCC1=O. The van der Waals surface area contributed by atoms with Crippen LogP contribution in [-0.4, -0.2) is 30.3 Å². The average Bonchev–Trinajstić information content (AvgIpc) is 2.48. The van der Waals surface area contributed by atoms with Crippen molar-refractivity contribution >= 4 is 17.7 Å². The van der Waals surface area contributed by atoms with Gasteiger partial charge < -0.3 is 10.1 Å². The van der Waals surface area contributed by atoms with Crippen molar-refractivity contribution in [2.45, 2.75) is 31.8 Å². The fourth-order valence-corrected chi connectivity index (χ4v) is 2.12. The monoisotopic (exact) mass is 275 g/mol. The topological polar surface area (TPSA) is 72.5 Å². The number of Topliss-reactive ketones (excluding diaryl/α,β-unsaturated/α-hetero) is 1. The number of carbonyl (C=O) groups excluding carboxylic acids is 3. The normalized spacial score (nSPS) is 18.4. The molecule has 0 unspecified atom stereocenters. The highest BCUT2D eigenvalue weighted by Crippen LogP contribution is 2.17. The second-order valence-electron chi connectivity index (χ2n) is 4.74. The minimum absolute atomic E-state index is 0.0287. The smallest absolute Gasteiger partial charge is 0.326 e. The maximum Gasteiger partial charge on any atom is 0.326 e. The number of esters is 1. The fourth-order valence-electron chi connectivity index (χ4n) is 2.12. The molecule has 1 atom stereocenters. The van der Waals surface area contributed by atoms with Crippen LogP contribution in [0, 0.1) is 0 Å². The first-order chi connectivity index (χ1) is 9.66. The third kappa shape index (κ3) is 3.91. The lowest BCUT2D eigenvalue weighted by Crippen LogP contribution is -2.36. The molecule has 0 saturated heterocycles. The molecular weight excluding hydrogens is 258 g/mol. The van der Waals surface area contributed by atoms with Gasteiger partial charge in [0, 0.05) is 12.0 Å². The van der Waals surface area contributed by atoms with E-state index in [-0.39, 0.29) is 18.2 Å². The summed E-state index contributed by atoms with van der Waals surface area (Å²) >= 11 is 0. The molecule has 1 N–H and O–H groups in total. The molecule has 5 heteroatoms. The first-order valence-electron chi connectivity index (χ1n) is 6.72. The molecule has 1 aromatic rings. The van der Waals surface area contributed by atoms with Crippen molar-refractivity contribution in [2.75, 3.05) is 6.54 Å². The lowest BCUT2D eigenvalue weighted by Gasteiger charge is -2.20. The maximum absolute atomic E-state index is 11.7. The van der Waals surface area contributed by atoms with Gasteiger partial charge in [0.2, 0.25) is 0 Å². The van der Waals surface area contributed by atoms with Gasteiger partial charge in [-0.15, -0.1) is 0 Å². The summed E-state index contributed by atoms with van der Waals surface area (Å²) in [6.45, 7) is -0.225. The molecule has 20 heavy (non-hydrogen) atoms. The Hall–Kier alpha value is -2.17. The molecule has 1 saturated carbocycles. The zero-order valence-corrected chi connectivity index (χ0v) is 11.1. The zero-order chi connectivity index (χ0) is 14.4. The number of benzene rings is 1. The van der Waals surface area contributed by atoms with Gasteiger partial charge in [-0.05, 0) is 31.4 Å². The van der Waals surface area contributed by atoms with Gasteiger partial charge in [-0.25, -0.2) is 0 Å². The summed E-state index contributed by atoms with van der Waals surface area (Å²) in [6, 6.07) is 8.61. The Morgan fingerprint density at radius 2 is 1.95 bits per heavy atom. The van der Waals surface area contributed by atoms with Gasteiger partial charge in [-0.2, -0.15) is 0 Å². The number of carbonyl (C=O) groups is 3. The van der Waals surface area contributed by atoms with Crippen LogP contribution in [0.15, 0.2) is 30.3 Å². The largest absolute Gasteiger partial charge is 0.453 e. The van der Waals surface area contributed by atoms with E-state index < -0.39 is 12.1 Å². The summed E-state index contributed by atoms with van der Waals surface area (Å²) in [6.07, 6.45) is 2.16. The highest BCUT2D eigenvalue weighted by molar-refractivity contribution is 5.96. The maximum atomic E-state index is 11.7. The van der Waals surface area contributed by atoms with Crippen molar-refractivity contribution in [2.24, 2.45) is 0 Å². The van der Waals surface area contributed by atoms with E-state index in [4.69, 9.17) is 4.74 Å². The van der Waals surface area contributed by atoms with E-state index in [0.29, 0.717) is 18.4 Å². The predicted molar refractivity (Wildman–Crippen MR) is 72.1 cm³/mol. The molecule has 0 aliphatic heterocycles. The van der Waals surface area contributed by atoms with E-state index in [0.717, 1.165) is 12.8 Å². The van der Waals surface area contributed by atoms with Crippen molar-refractivity contribution in [1.82, 2.24) is 5.32 Å². The molecule has 5 nitrogen and oxygen atoms in total. The molecule has 2 rings (SSSR count). The van der Waals surface area contributed by atoms with Crippen LogP contribution in [0.3, 0.4) is 0 Å². The molecule has 0 spiro atoms. The fraction of sp³-hybridized carbons (Fsp3) is 0.400. The van der Waals surface area contributed by atoms with E-state index >= 15 is 0 Å². The first-order valence-corrected chi connectivity index (χ1v) is 6.72. The zero-order valence-electron chi connectivity index (χ0n) is 11.1. The Bertz CT molecular complexity index is 498. The quantitative estimate of drug-likeness (QED) is 0.845. The number of hydrogen-bond acceptors (Lipinski definition) is 4.